The molecule has 2 amide bonds. The number of rotatable bonds is 4. The number of urea groups is 1. The second-order valence-corrected chi connectivity index (χ2v) is 11.3. The molecule has 5 aliphatic heterocycles. The van der Waals surface area contributed by atoms with Gasteiger partial charge in [0.05, 0.1) is 12.6 Å². The number of carbonyl (C=O) groups is 1. The van der Waals surface area contributed by atoms with Crippen molar-refractivity contribution in [3.63, 3.8) is 0 Å². The van der Waals surface area contributed by atoms with Crippen molar-refractivity contribution in [2.24, 2.45) is 11.3 Å². The molecule has 0 spiro atoms. The summed E-state index contributed by atoms with van der Waals surface area (Å²) in [4.78, 5) is 23.2. The molecule has 2 atom stereocenters. The Morgan fingerprint density at radius 3 is 2.33 bits per heavy atom. The Kier molecular flexibility index (Phi) is 6.47. The van der Waals surface area contributed by atoms with Crippen molar-refractivity contribution in [3.05, 3.63) is 24.3 Å². The summed E-state index contributed by atoms with van der Waals surface area (Å²) in [6.07, 6.45) is 6.14. The van der Waals surface area contributed by atoms with E-state index in [-0.39, 0.29) is 11.4 Å². The lowest BCUT2D eigenvalue weighted by atomic mass is 9.73. The Hall–Kier alpha value is -1.95. The number of hydrogen-bond donors (Lipinski definition) is 0. The van der Waals surface area contributed by atoms with Crippen molar-refractivity contribution in [3.8, 4) is 5.75 Å². The molecule has 5 aliphatic rings. The number of benzene rings is 1. The van der Waals surface area contributed by atoms with Crippen molar-refractivity contribution in [1.29, 1.82) is 0 Å². The lowest BCUT2D eigenvalue weighted by molar-refractivity contribution is 0.110. The largest absolute Gasteiger partial charge is 0.494 e. The van der Waals surface area contributed by atoms with Crippen LogP contribution in [0.1, 0.15) is 52.9 Å². The molecular formula is C27H42N4O2. The normalized spacial score (nSPS) is 28.3. The van der Waals surface area contributed by atoms with Crippen molar-refractivity contribution in [1.82, 2.24) is 14.7 Å². The van der Waals surface area contributed by atoms with Crippen LogP contribution in [0.3, 0.4) is 0 Å². The number of carbonyl (C=O) groups excluding carboxylic acids is 1. The minimum Gasteiger partial charge on any atom is -0.494 e. The first kappa shape index (κ1) is 22.8. The first-order valence-corrected chi connectivity index (χ1v) is 13.2. The van der Waals surface area contributed by atoms with Gasteiger partial charge in [0.1, 0.15) is 5.75 Å². The van der Waals surface area contributed by atoms with Crippen LogP contribution in [0.5, 0.6) is 5.75 Å². The number of anilines is 1. The van der Waals surface area contributed by atoms with Crippen LogP contribution in [0, 0.1) is 11.3 Å². The van der Waals surface area contributed by atoms with E-state index in [1.54, 1.807) is 0 Å². The van der Waals surface area contributed by atoms with Gasteiger partial charge in [-0.05, 0) is 87.7 Å². The van der Waals surface area contributed by atoms with E-state index in [1.165, 1.54) is 38.0 Å². The van der Waals surface area contributed by atoms with E-state index >= 15 is 0 Å². The minimum absolute atomic E-state index is 0.180. The highest BCUT2D eigenvalue weighted by atomic mass is 16.5. The maximum absolute atomic E-state index is 13.6. The molecule has 6 rings (SSSR count). The molecule has 6 heteroatoms. The topological polar surface area (TPSA) is 39.3 Å². The quantitative estimate of drug-likeness (QED) is 0.680. The number of piperidine rings is 2. The van der Waals surface area contributed by atoms with Crippen molar-refractivity contribution < 1.29 is 9.53 Å². The summed E-state index contributed by atoms with van der Waals surface area (Å²) in [6, 6.07) is 9.84. The van der Waals surface area contributed by atoms with E-state index < -0.39 is 0 Å². The zero-order valence-electron chi connectivity index (χ0n) is 20.8. The molecule has 1 aromatic rings. The molecule has 5 saturated heterocycles. The second-order valence-electron chi connectivity index (χ2n) is 11.3. The Bertz CT molecular complexity index is 812. The summed E-state index contributed by atoms with van der Waals surface area (Å²) in [7, 11) is 0. The van der Waals surface area contributed by atoms with Gasteiger partial charge in [0.15, 0.2) is 0 Å². The van der Waals surface area contributed by atoms with Crippen LogP contribution in [-0.4, -0.2) is 85.2 Å². The van der Waals surface area contributed by atoms with Crippen LogP contribution in [-0.2, 0) is 0 Å². The van der Waals surface area contributed by atoms with Gasteiger partial charge in [0, 0.05) is 44.5 Å². The Labute approximate surface area is 199 Å². The fraction of sp³-hybridized carbons (Fsp3) is 0.741. The fourth-order valence-electron chi connectivity index (χ4n) is 6.91. The average molecular weight is 455 g/mol. The summed E-state index contributed by atoms with van der Waals surface area (Å²) in [5.41, 5.74) is 1.43. The van der Waals surface area contributed by atoms with Gasteiger partial charge in [0.2, 0.25) is 0 Å². The van der Waals surface area contributed by atoms with Crippen LogP contribution in [0.4, 0.5) is 10.5 Å². The summed E-state index contributed by atoms with van der Waals surface area (Å²) in [5.74, 6) is 1.44. The van der Waals surface area contributed by atoms with Gasteiger partial charge in [-0.25, -0.2) is 4.79 Å². The lowest BCUT2D eigenvalue weighted by Crippen LogP contribution is -2.55. The van der Waals surface area contributed by atoms with E-state index in [2.05, 4.69) is 57.7 Å². The molecule has 182 valence electrons. The monoisotopic (exact) mass is 454 g/mol. The van der Waals surface area contributed by atoms with Crippen LogP contribution in [0.2, 0.25) is 0 Å². The molecule has 5 fully saturated rings. The first-order valence-electron chi connectivity index (χ1n) is 13.2. The van der Waals surface area contributed by atoms with Crippen LogP contribution < -0.4 is 9.64 Å². The van der Waals surface area contributed by atoms with Gasteiger partial charge in [-0.1, -0.05) is 13.8 Å². The van der Waals surface area contributed by atoms with Crippen LogP contribution in [0.15, 0.2) is 24.3 Å². The van der Waals surface area contributed by atoms with Gasteiger partial charge < -0.3 is 24.3 Å². The number of likely N-dealkylation sites (tertiary alicyclic amines) is 2. The number of nitrogens with zero attached hydrogens (tertiary/aromatic N) is 4. The molecule has 1 unspecified atom stereocenters. The van der Waals surface area contributed by atoms with Gasteiger partial charge in [-0.3, -0.25) is 0 Å². The molecule has 33 heavy (non-hydrogen) atoms. The molecule has 0 N–H and O–H groups in total. The maximum atomic E-state index is 13.6. The zero-order valence-corrected chi connectivity index (χ0v) is 20.8. The van der Waals surface area contributed by atoms with Gasteiger partial charge in [-0.2, -0.15) is 0 Å². The SMILES string of the molecule is CCOc1ccc(N2CC3CN(C(=O)N4CCC(N5CCCC5)CC4)C[C@@H]2C(C)(C)C3)cc1. The van der Waals surface area contributed by atoms with E-state index in [9.17, 15) is 4.79 Å². The highest BCUT2D eigenvalue weighted by molar-refractivity contribution is 5.75. The molecule has 5 heterocycles. The second kappa shape index (κ2) is 9.36. The first-order chi connectivity index (χ1) is 15.9. The number of hydrogen-bond acceptors (Lipinski definition) is 4. The Morgan fingerprint density at radius 1 is 0.970 bits per heavy atom. The van der Waals surface area contributed by atoms with Gasteiger partial charge >= 0.3 is 6.03 Å². The zero-order chi connectivity index (χ0) is 23.0. The van der Waals surface area contributed by atoms with E-state index in [0.29, 0.717) is 24.6 Å². The highest BCUT2D eigenvalue weighted by Gasteiger charge is 2.47. The predicted molar refractivity (Wildman–Crippen MR) is 133 cm³/mol. The molecule has 0 saturated carbocycles. The predicted octanol–water partition coefficient (Wildman–Crippen LogP) is 4.30. The minimum atomic E-state index is 0.180. The molecule has 0 aliphatic carbocycles. The third kappa shape index (κ3) is 4.68. The average Bonchev–Trinajstić information content (AvgIpc) is 3.24. The van der Waals surface area contributed by atoms with E-state index in [4.69, 9.17) is 4.74 Å². The lowest BCUT2D eigenvalue weighted by Gasteiger charge is -2.48. The van der Waals surface area contributed by atoms with Gasteiger partial charge in [0.25, 0.3) is 0 Å². The summed E-state index contributed by atoms with van der Waals surface area (Å²) in [6.45, 7) is 14.6. The standard InChI is InChI=1S/C27H42N4O2/c1-4-33-24-9-7-23(8-10-24)31-19-21-17-27(2,3)25(31)20-30(18-21)26(32)29-15-11-22(12-16-29)28-13-5-6-14-28/h7-10,21-22,25H,4-6,11-20H2,1-3H3/t21?,25-/m1/s1. The molecule has 1 aromatic carbocycles. The fourth-order valence-corrected chi connectivity index (χ4v) is 6.91. The number of amides is 2. The van der Waals surface area contributed by atoms with Crippen LogP contribution in [0.25, 0.3) is 0 Å². The van der Waals surface area contributed by atoms with Crippen molar-refractivity contribution in [2.75, 3.05) is 57.3 Å². The van der Waals surface area contributed by atoms with E-state index in [0.717, 1.165) is 51.3 Å². The highest BCUT2D eigenvalue weighted by Crippen LogP contribution is 2.43. The van der Waals surface area contributed by atoms with Crippen LogP contribution >= 0.6 is 0 Å². The summed E-state index contributed by atoms with van der Waals surface area (Å²) < 4.78 is 5.65. The van der Waals surface area contributed by atoms with Gasteiger partial charge in [-0.15, -0.1) is 0 Å². The molecule has 2 bridgehead atoms. The van der Waals surface area contributed by atoms with E-state index in [1.807, 2.05) is 6.92 Å². The van der Waals surface area contributed by atoms with Crippen molar-refractivity contribution in [2.45, 2.75) is 65.0 Å². The molecule has 0 aromatic heterocycles. The molecular weight excluding hydrogens is 412 g/mol. The number of fused-ring (bicyclic) bond motifs is 4. The summed E-state index contributed by atoms with van der Waals surface area (Å²) in [5, 5.41) is 0. The Morgan fingerprint density at radius 2 is 1.67 bits per heavy atom. The number of ether oxygens (including phenoxy) is 1. The van der Waals surface area contributed by atoms with Crippen molar-refractivity contribution >= 4 is 11.7 Å². The Balaban J connectivity index is 1.27. The molecule has 0 radical (unpaired) electrons. The smallest absolute Gasteiger partial charge is 0.320 e. The molecule has 6 nitrogen and oxygen atoms in total. The third-order valence-electron chi connectivity index (χ3n) is 8.56. The maximum Gasteiger partial charge on any atom is 0.320 e. The third-order valence-corrected chi connectivity index (χ3v) is 8.56. The summed E-state index contributed by atoms with van der Waals surface area (Å²) >= 11 is 0.